The molecule has 0 saturated heterocycles. The Labute approximate surface area is 133 Å². The number of rotatable bonds is 7. The second kappa shape index (κ2) is 7.30. The molecule has 0 unspecified atom stereocenters. The first-order valence-corrected chi connectivity index (χ1v) is 6.72. The van der Waals surface area contributed by atoms with Crippen LogP contribution >= 0.6 is 0 Å². The molecule has 0 bridgehead atoms. The third-order valence-corrected chi connectivity index (χ3v) is 3.17. The Kier molecular flexibility index (Phi) is 5.19. The van der Waals surface area contributed by atoms with Gasteiger partial charge in [0, 0.05) is 18.8 Å². The van der Waals surface area contributed by atoms with Gasteiger partial charge in [0.15, 0.2) is 11.5 Å². The largest absolute Gasteiger partial charge is 0.493 e. The maximum Gasteiger partial charge on any atom is 0.311 e. The number of anilines is 1. The zero-order valence-corrected chi connectivity index (χ0v) is 13.0. The zero-order chi connectivity index (χ0) is 16.8. The highest BCUT2D eigenvalue weighted by atomic mass is 16.6. The summed E-state index contributed by atoms with van der Waals surface area (Å²) in [5.41, 5.74) is 0.722. The molecule has 23 heavy (non-hydrogen) atoms. The number of nitrogens with zero attached hydrogens (tertiary/aromatic N) is 2. The fourth-order valence-corrected chi connectivity index (χ4v) is 2.10. The molecule has 0 radical (unpaired) electrons. The fourth-order valence-electron chi connectivity index (χ4n) is 2.10. The van der Waals surface area contributed by atoms with Crippen molar-refractivity contribution in [3.05, 3.63) is 46.1 Å². The fraction of sp³-hybridized carbons (Fsp3) is 0.267. The first-order valence-electron chi connectivity index (χ1n) is 6.72. The van der Waals surface area contributed by atoms with Crippen LogP contribution in [-0.4, -0.2) is 31.2 Å². The molecule has 0 amide bonds. The van der Waals surface area contributed by atoms with Crippen molar-refractivity contribution >= 4 is 11.5 Å². The third-order valence-electron chi connectivity index (χ3n) is 3.17. The summed E-state index contributed by atoms with van der Waals surface area (Å²) >= 11 is 0. The third kappa shape index (κ3) is 3.60. The van der Waals surface area contributed by atoms with Crippen LogP contribution < -0.4 is 19.5 Å². The lowest BCUT2D eigenvalue weighted by atomic mass is 10.1. The molecule has 1 aromatic heterocycles. The Morgan fingerprint density at radius 3 is 2.35 bits per heavy atom. The summed E-state index contributed by atoms with van der Waals surface area (Å²) in [7, 11) is 4.58. The molecule has 0 spiro atoms. The van der Waals surface area contributed by atoms with Crippen LogP contribution in [0.2, 0.25) is 0 Å². The van der Waals surface area contributed by atoms with E-state index in [2.05, 4.69) is 10.3 Å². The minimum absolute atomic E-state index is 0.0834. The summed E-state index contributed by atoms with van der Waals surface area (Å²) in [5.74, 6) is 1.71. The van der Waals surface area contributed by atoms with Crippen molar-refractivity contribution in [1.29, 1.82) is 0 Å². The number of pyridine rings is 1. The van der Waals surface area contributed by atoms with Gasteiger partial charge in [-0.15, -0.1) is 0 Å². The Hall–Kier alpha value is -3.03. The van der Waals surface area contributed by atoms with E-state index in [-0.39, 0.29) is 11.5 Å². The van der Waals surface area contributed by atoms with Crippen molar-refractivity contribution in [2.45, 2.75) is 6.54 Å². The summed E-state index contributed by atoms with van der Waals surface area (Å²) in [6.45, 7) is 0.314. The Morgan fingerprint density at radius 2 is 1.83 bits per heavy atom. The Morgan fingerprint density at radius 1 is 1.17 bits per heavy atom. The van der Waals surface area contributed by atoms with Gasteiger partial charge in [-0.05, 0) is 23.8 Å². The van der Waals surface area contributed by atoms with E-state index in [1.807, 2.05) is 0 Å². The Bertz CT molecular complexity index is 680. The van der Waals surface area contributed by atoms with Gasteiger partial charge in [0.05, 0.1) is 26.3 Å². The smallest absolute Gasteiger partial charge is 0.311 e. The second-order valence-corrected chi connectivity index (χ2v) is 4.52. The summed E-state index contributed by atoms with van der Waals surface area (Å²) in [6.07, 6.45) is 1.49. The Balaban J connectivity index is 2.26. The highest BCUT2D eigenvalue weighted by Gasteiger charge is 2.16. The van der Waals surface area contributed by atoms with Crippen molar-refractivity contribution in [2.24, 2.45) is 0 Å². The molecule has 8 heteroatoms. The molecule has 0 aliphatic rings. The van der Waals surface area contributed by atoms with Crippen LogP contribution in [0.1, 0.15) is 5.56 Å². The minimum Gasteiger partial charge on any atom is -0.493 e. The summed E-state index contributed by atoms with van der Waals surface area (Å²) in [5, 5.41) is 13.9. The van der Waals surface area contributed by atoms with Crippen molar-refractivity contribution in [3.63, 3.8) is 0 Å². The second-order valence-electron chi connectivity index (χ2n) is 4.52. The number of benzene rings is 1. The summed E-state index contributed by atoms with van der Waals surface area (Å²) in [4.78, 5) is 14.5. The van der Waals surface area contributed by atoms with Gasteiger partial charge in [-0.3, -0.25) is 10.1 Å². The van der Waals surface area contributed by atoms with Gasteiger partial charge >= 0.3 is 5.69 Å². The van der Waals surface area contributed by atoms with Gasteiger partial charge in [0.2, 0.25) is 11.6 Å². The van der Waals surface area contributed by atoms with Gasteiger partial charge in [-0.25, -0.2) is 4.98 Å². The molecule has 0 aliphatic carbocycles. The first kappa shape index (κ1) is 16.3. The standard InChI is InChI=1S/C15H17N3O5/c1-21-12-7-10(8-13(22-2)14(12)23-3)9-17-15-11(18(19)20)5-4-6-16-15/h4-8H,9H2,1-3H3,(H,16,17). The van der Waals surface area contributed by atoms with E-state index in [0.29, 0.717) is 23.8 Å². The molecule has 1 aromatic carbocycles. The number of hydrogen-bond donors (Lipinski definition) is 1. The molecular formula is C15H17N3O5. The van der Waals surface area contributed by atoms with E-state index in [0.717, 1.165) is 5.56 Å². The minimum atomic E-state index is -0.482. The summed E-state index contributed by atoms with van der Waals surface area (Å²) < 4.78 is 15.8. The number of methoxy groups -OCH3 is 3. The number of hydrogen-bond acceptors (Lipinski definition) is 7. The van der Waals surface area contributed by atoms with Crippen LogP contribution in [0.4, 0.5) is 11.5 Å². The van der Waals surface area contributed by atoms with Gasteiger partial charge in [0.25, 0.3) is 0 Å². The van der Waals surface area contributed by atoms with Crippen LogP contribution in [0.15, 0.2) is 30.5 Å². The molecule has 8 nitrogen and oxygen atoms in total. The van der Waals surface area contributed by atoms with Gasteiger partial charge in [0.1, 0.15) is 0 Å². The number of aromatic nitrogens is 1. The highest BCUT2D eigenvalue weighted by molar-refractivity contribution is 5.57. The van der Waals surface area contributed by atoms with Crippen molar-refractivity contribution in [2.75, 3.05) is 26.6 Å². The molecule has 2 rings (SSSR count). The van der Waals surface area contributed by atoms with Crippen LogP contribution in [-0.2, 0) is 6.54 Å². The normalized spacial score (nSPS) is 10.0. The molecule has 0 aliphatic heterocycles. The first-order chi connectivity index (χ1) is 11.1. The zero-order valence-electron chi connectivity index (χ0n) is 13.0. The predicted molar refractivity (Wildman–Crippen MR) is 84.3 cm³/mol. The lowest BCUT2D eigenvalue weighted by Gasteiger charge is -2.14. The molecule has 1 heterocycles. The topological polar surface area (TPSA) is 95.8 Å². The summed E-state index contributed by atoms with van der Waals surface area (Å²) in [6, 6.07) is 6.44. The van der Waals surface area contributed by atoms with Gasteiger partial charge in [-0.2, -0.15) is 0 Å². The van der Waals surface area contributed by atoms with E-state index in [4.69, 9.17) is 14.2 Å². The van der Waals surface area contributed by atoms with Crippen LogP contribution in [0.25, 0.3) is 0 Å². The average molecular weight is 319 g/mol. The molecular weight excluding hydrogens is 302 g/mol. The molecule has 0 saturated carbocycles. The lowest BCUT2D eigenvalue weighted by molar-refractivity contribution is -0.384. The van der Waals surface area contributed by atoms with E-state index < -0.39 is 4.92 Å². The molecule has 0 fully saturated rings. The van der Waals surface area contributed by atoms with E-state index >= 15 is 0 Å². The van der Waals surface area contributed by atoms with Crippen LogP contribution in [0.5, 0.6) is 17.2 Å². The maximum atomic E-state index is 11.0. The van der Waals surface area contributed by atoms with Gasteiger partial charge < -0.3 is 19.5 Å². The van der Waals surface area contributed by atoms with E-state index in [9.17, 15) is 10.1 Å². The van der Waals surface area contributed by atoms with Gasteiger partial charge in [-0.1, -0.05) is 0 Å². The SMILES string of the molecule is COc1cc(CNc2ncccc2[N+](=O)[O-])cc(OC)c1OC. The monoisotopic (exact) mass is 319 g/mol. The van der Waals surface area contributed by atoms with E-state index in [1.54, 1.807) is 12.1 Å². The number of nitrogens with one attached hydrogen (secondary N) is 1. The van der Waals surface area contributed by atoms with Crippen molar-refractivity contribution in [3.8, 4) is 17.2 Å². The van der Waals surface area contributed by atoms with Crippen LogP contribution in [0, 0.1) is 10.1 Å². The van der Waals surface area contributed by atoms with Crippen LogP contribution in [0.3, 0.4) is 0 Å². The molecule has 2 aromatic rings. The molecule has 1 N–H and O–H groups in total. The quantitative estimate of drug-likeness (QED) is 0.619. The maximum absolute atomic E-state index is 11.0. The van der Waals surface area contributed by atoms with E-state index in [1.165, 1.54) is 39.7 Å². The number of ether oxygens (including phenoxy) is 3. The molecule has 122 valence electrons. The molecule has 0 atom stereocenters. The lowest BCUT2D eigenvalue weighted by Crippen LogP contribution is -2.05. The highest BCUT2D eigenvalue weighted by Crippen LogP contribution is 2.38. The van der Waals surface area contributed by atoms with Crippen molar-refractivity contribution in [1.82, 2.24) is 4.98 Å². The number of nitro groups is 1. The predicted octanol–water partition coefficient (Wildman–Crippen LogP) is 2.63. The average Bonchev–Trinajstić information content (AvgIpc) is 2.58. The van der Waals surface area contributed by atoms with Crippen molar-refractivity contribution < 1.29 is 19.1 Å².